The lowest BCUT2D eigenvalue weighted by Gasteiger charge is -2.20. The molecule has 2 atom stereocenters. The number of carbonyl (C=O) groups excluding carboxylic acids is 1. The summed E-state index contributed by atoms with van der Waals surface area (Å²) < 4.78 is 52.7. The lowest BCUT2D eigenvalue weighted by molar-refractivity contribution is -0.182. The van der Waals surface area contributed by atoms with Crippen molar-refractivity contribution < 1.29 is 22.4 Å². The Morgan fingerprint density at radius 2 is 2.11 bits per heavy atom. The van der Waals surface area contributed by atoms with E-state index in [4.69, 9.17) is 0 Å². The standard InChI is InChI=1S/C20H17F4N9OS/c1-19(18-31-27-8-35-18)11-13(25-2)28-15(29-14(11)30-17(19)34)12-9-4-3-6-26-16(9)33(32-12)7-5-10(21)20(22,23)24/h3-4,6,8,10H,5,7H2,1-2H3,(H2,25,28,29,30,34). The van der Waals surface area contributed by atoms with Crippen molar-refractivity contribution >= 4 is 39.9 Å². The van der Waals surface area contributed by atoms with Gasteiger partial charge in [0.25, 0.3) is 0 Å². The van der Waals surface area contributed by atoms with E-state index in [2.05, 4.69) is 40.9 Å². The first kappa shape index (κ1) is 23.0. The Balaban J connectivity index is 1.61. The molecule has 35 heavy (non-hydrogen) atoms. The Morgan fingerprint density at radius 1 is 1.31 bits per heavy atom. The van der Waals surface area contributed by atoms with Gasteiger partial charge in [-0.25, -0.2) is 24.0 Å². The van der Waals surface area contributed by atoms with Crippen LogP contribution in [-0.4, -0.2) is 60.2 Å². The lowest BCUT2D eigenvalue weighted by Crippen LogP contribution is -2.32. The van der Waals surface area contributed by atoms with Crippen molar-refractivity contribution in [3.63, 3.8) is 0 Å². The van der Waals surface area contributed by atoms with Crippen molar-refractivity contribution in [2.45, 2.75) is 37.7 Å². The summed E-state index contributed by atoms with van der Waals surface area (Å²) >= 11 is 1.22. The quantitative estimate of drug-likeness (QED) is 0.381. The third-order valence-corrected chi connectivity index (χ3v) is 6.70. The first-order chi connectivity index (χ1) is 16.6. The van der Waals surface area contributed by atoms with Gasteiger partial charge in [-0.15, -0.1) is 21.5 Å². The molecule has 0 aliphatic carbocycles. The van der Waals surface area contributed by atoms with Crippen molar-refractivity contribution in [3.8, 4) is 11.5 Å². The second-order valence-electron chi connectivity index (χ2n) is 7.94. The molecule has 2 N–H and O–H groups in total. The maximum Gasteiger partial charge on any atom is 0.419 e. The number of pyridine rings is 1. The molecule has 0 aromatic carbocycles. The average molecular weight is 507 g/mol. The number of nitrogens with zero attached hydrogens (tertiary/aromatic N) is 7. The topological polar surface area (TPSA) is 123 Å². The summed E-state index contributed by atoms with van der Waals surface area (Å²) in [5, 5.41) is 18.9. The Labute approximate surface area is 198 Å². The molecule has 4 aromatic rings. The van der Waals surface area contributed by atoms with Crippen LogP contribution in [0.2, 0.25) is 0 Å². The molecule has 5 rings (SSSR count). The molecule has 0 radical (unpaired) electrons. The van der Waals surface area contributed by atoms with Gasteiger partial charge in [0, 0.05) is 26.2 Å². The number of nitrogens with one attached hydrogen (secondary N) is 2. The second kappa shape index (κ2) is 8.18. The number of alkyl halides is 4. The van der Waals surface area contributed by atoms with Crippen LogP contribution >= 0.6 is 11.3 Å². The molecule has 10 nitrogen and oxygen atoms in total. The fourth-order valence-electron chi connectivity index (χ4n) is 3.98. The van der Waals surface area contributed by atoms with Crippen molar-refractivity contribution in [2.75, 3.05) is 17.7 Å². The highest BCUT2D eigenvalue weighted by molar-refractivity contribution is 7.09. The highest BCUT2D eigenvalue weighted by Crippen LogP contribution is 2.46. The number of hydrogen-bond donors (Lipinski definition) is 2. The summed E-state index contributed by atoms with van der Waals surface area (Å²) in [6, 6.07) is 3.30. The van der Waals surface area contributed by atoms with Crippen LogP contribution in [0.5, 0.6) is 0 Å². The van der Waals surface area contributed by atoms with Crippen molar-refractivity contribution in [2.24, 2.45) is 0 Å². The zero-order chi connectivity index (χ0) is 25.0. The van der Waals surface area contributed by atoms with E-state index in [-0.39, 0.29) is 35.4 Å². The number of fused-ring (bicyclic) bond motifs is 2. The number of carbonyl (C=O) groups is 1. The zero-order valence-electron chi connectivity index (χ0n) is 18.3. The molecule has 1 aliphatic rings. The van der Waals surface area contributed by atoms with Gasteiger partial charge in [-0.3, -0.25) is 4.79 Å². The van der Waals surface area contributed by atoms with Crippen LogP contribution in [0.3, 0.4) is 0 Å². The maximum atomic E-state index is 13.5. The Morgan fingerprint density at radius 3 is 2.80 bits per heavy atom. The van der Waals surface area contributed by atoms with Crippen LogP contribution in [0.15, 0.2) is 23.8 Å². The summed E-state index contributed by atoms with van der Waals surface area (Å²) in [5.74, 6) is 0.341. The van der Waals surface area contributed by atoms with E-state index in [0.717, 1.165) is 0 Å². The molecule has 0 saturated heterocycles. The van der Waals surface area contributed by atoms with Gasteiger partial charge >= 0.3 is 6.18 Å². The van der Waals surface area contributed by atoms with E-state index >= 15 is 0 Å². The first-order valence-corrected chi connectivity index (χ1v) is 11.2. The summed E-state index contributed by atoms with van der Waals surface area (Å²) in [5.41, 5.74) is 1.32. The minimum Gasteiger partial charge on any atom is -0.373 e. The third-order valence-electron chi connectivity index (χ3n) is 5.79. The van der Waals surface area contributed by atoms with Crippen LogP contribution in [0, 0.1) is 0 Å². The molecule has 5 heterocycles. The molecule has 1 aliphatic heterocycles. The number of amides is 1. The van der Waals surface area contributed by atoms with Gasteiger partial charge in [0.15, 0.2) is 17.6 Å². The largest absolute Gasteiger partial charge is 0.419 e. The normalized spacial score (nSPS) is 18.5. The fourth-order valence-corrected chi connectivity index (χ4v) is 4.70. The Bertz CT molecular complexity index is 1420. The van der Waals surface area contributed by atoms with Gasteiger partial charge in [0.1, 0.15) is 33.3 Å². The Kier molecular flexibility index (Phi) is 5.38. The van der Waals surface area contributed by atoms with E-state index in [1.807, 2.05) is 0 Å². The summed E-state index contributed by atoms with van der Waals surface area (Å²) in [4.78, 5) is 26.2. The van der Waals surface area contributed by atoms with Crippen LogP contribution in [0.25, 0.3) is 22.6 Å². The SMILES string of the molecule is CNc1nc(-c2nn(CCC(F)C(F)(F)F)c3ncccc23)nc2c1C(C)(c1nncs1)C(=O)N2. The van der Waals surface area contributed by atoms with Crippen LogP contribution in [0.4, 0.5) is 29.2 Å². The monoisotopic (exact) mass is 507 g/mol. The van der Waals surface area contributed by atoms with E-state index in [1.54, 1.807) is 26.1 Å². The predicted octanol–water partition coefficient (Wildman–Crippen LogP) is 3.33. The van der Waals surface area contributed by atoms with Crippen LogP contribution in [0.1, 0.15) is 23.9 Å². The molecule has 0 saturated carbocycles. The lowest BCUT2D eigenvalue weighted by atomic mass is 9.85. The minimum atomic E-state index is -4.96. The highest BCUT2D eigenvalue weighted by Gasteiger charge is 2.50. The number of rotatable bonds is 6. The average Bonchev–Trinajstić information content (AvgIpc) is 3.54. The second-order valence-corrected chi connectivity index (χ2v) is 8.77. The predicted molar refractivity (Wildman–Crippen MR) is 119 cm³/mol. The molecule has 0 fully saturated rings. The summed E-state index contributed by atoms with van der Waals surface area (Å²) in [7, 11) is 1.63. The molecule has 182 valence electrons. The van der Waals surface area contributed by atoms with Crippen molar-refractivity contribution in [1.29, 1.82) is 0 Å². The molecule has 2 unspecified atom stereocenters. The van der Waals surface area contributed by atoms with Crippen LogP contribution in [-0.2, 0) is 16.8 Å². The fraction of sp³-hybridized carbons (Fsp3) is 0.350. The molecule has 1 amide bonds. The highest BCUT2D eigenvalue weighted by atomic mass is 32.1. The number of anilines is 2. The van der Waals surface area contributed by atoms with E-state index in [9.17, 15) is 22.4 Å². The zero-order valence-corrected chi connectivity index (χ0v) is 19.1. The summed E-state index contributed by atoms with van der Waals surface area (Å²) in [6.07, 6.45) is -7.31. The maximum absolute atomic E-state index is 13.5. The molecular formula is C20H17F4N9OS. The molecule has 0 spiro atoms. The van der Waals surface area contributed by atoms with Gasteiger partial charge in [-0.2, -0.15) is 18.3 Å². The number of halogens is 4. The first-order valence-electron chi connectivity index (χ1n) is 10.4. The number of aromatic nitrogens is 7. The van der Waals surface area contributed by atoms with Crippen LogP contribution < -0.4 is 10.6 Å². The molecule has 4 aromatic heterocycles. The van der Waals surface area contributed by atoms with Gasteiger partial charge < -0.3 is 10.6 Å². The van der Waals surface area contributed by atoms with Crippen molar-refractivity contribution in [1.82, 2.24) is 34.9 Å². The minimum absolute atomic E-state index is 0.110. The van der Waals surface area contributed by atoms with Gasteiger partial charge in [-0.05, 0) is 19.1 Å². The smallest absolute Gasteiger partial charge is 0.373 e. The Hall–Kier alpha value is -3.75. The van der Waals surface area contributed by atoms with Crippen molar-refractivity contribution in [3.05, 3.63) is 34.4 Å². The van der Waals surface area contributed by atoms with Gasteiger partial charge in [-0.1, -0.05) is 0 Å². The number of hydrogen-bond acceptors (Lipinski definition) is 9. The molecular weight excluding hydrogens is 490 g/mol. The number of aryl methyl sites for hydroxylation is 1. The van der Waals surface area contributed by atoms with E-state index in [0.29, 0.717) is 21.8 Å². The molecule has 15 heteroatoms. The summed E-state index contributed by atoms with van der Waals surface area (Å²) in [6.45, 7) is 1.34. The van der Waals surface area contributed by atoms with Gasteiger partial charge in [0.2, 0.25) is 5.91 Å². The molecule has 0 bridgehead atoms. The van der Waals surface area contributed by atoms with E-state index in [1.165, 1.54) is 27.7 Å². The third kappa shape index (κ3) is 3.66. The van der Waals surface area contributed by atoms with Gasteiger partial charge in [0.05, 0.1) is 10.9 Å². The van der Waals surface area contributed by atoms with E-state index < -0.39 is 24.2 Å².